The summed E-state index contributed by atoms with van der Waals surface area (Å²) in [5, 5.41) is 23.1. The first-order valence-corrected chi connectivity index (χ1v) is 30.3. The highest BCUT2D eigenvalue weighted by Crippen LogP contribution is 2.18. The van der Waals surface area contributed by atoms with Crippen LogP contribution in [0.4, 0.5) is 0 Å². The Bertz CT molecular complexity index is 944. The van der Waals surface area contributed by atoms with Crippen LogP contribution in [0.1, 0.15) is 348 Å². The quantitative estimate of drug-likeness (QED) is 0.0417. The molecule has 6 heteroatoms. The number of unbranched alkanes of at least 4 members (excludes halogenated alkanes) is 46. The van der Waals surface area contributed by atoms with Gasteiger partial charge in [-0.15, -0.1) is 0 Å². The molecule has 0 bridgehead atoms. The highest BCUT2D eigenvalue weighted by atomic mass is 16.5. The third-order valence-electron chi connectivity index (χ3n) is 14.4. The topological polar surface area (TPSA) is 95.9 Å². The Kier molecular flexibility index (Phi) is 55.5. The van der Waals surface area contributed by atoms with E-state index in [0.717, 1.165) is 38.5 Å². The first-order chi connectivity index (χ1) is 32.5. The molecule has 2 atom stereocenters. The van der Waals surface area contributed by atoms with E-state index >= 15 is 0 Å². The number of aliphatic hydroxyl groups excluding tert-OH is 2. The van der Waals surface area contributed by atoms with Crippen molar-refractivity contribution in [3.63, 3.8) is 0 Å². The number of amides is 1. The van der Waals surface area contributed by atoms with Crippen LogP contribution in [-0.2, 0) is 14.3 Å². The maximum Gasteiger partial charge on any atom is 0.305 e. The molecule has 0 aromatic heterocycles. The molecule has 6 nitrogen and oxygen atoms in total. The van der Waals surface area contributed by atoms with Gasteiger partial charge in [0.05, 0.1) is 25.4 Å². The number of rotatable bonds is 57. The van der Waals surface area contributed by atoms with Crippen LogP contribution >= 0.6 is 0 Å². The van der Waals surface area contributed by atoms with Gasteiger partial charge in [-0.1, -0.05) is 309 Å². The summed E-state index contributed by atoms with van der Waals surface area (Å²) in [6, 6.07) is -0.535. The number of hydrogen-bond acceptors (Lipinski definition) is 5. The molecule has 0 rings (SSSR count). The van der Waals surface area contributed by atoms with Gasteiger partial charge < -0.3 is 20.3 Å². The fourth-order valence-corrected chi connectivity index (χ4v) is 9.76. The van der Waals surface area contributed by atoms with Crippen LogP contribution in [0.25, 0.3) is 0 Å². The third-order valence-corrected chi connectivity index (χ3v) is 14.4. The highest BCUT2D eigenvalue weighted by molar-refractivity contribution is 5.76. The summed E-state index contributed by atoms with van der Waals surface area (Å²) in [5.74, 6) is -0.0124. The zero-order valence-electron chi connectivity index (χ0n) is 45.0. The van der Waals surface area contributed by atoms with Crippen molar-refractivity contribution in [2.24, 2.45) is 0 Å². The van der Waals surface area contributed by atoms with Gasteiger partial charge in [-0.3, -0.25) is 9.59 Å². The summed E-state index contributed by atoms with van der Waals surface area (Å²) >= 11 is 0. The minimum absolute atomic E-state index is 0.0197. The average Bonchev–Trinajstić information content (AvgIpc) is 3.32. The van der Waals surface area contributed by atoms with Gasteiger partial charge in [-0.25, -0.2) is 0 Å². The second-order valence-corrected chi connectivity index (χ2v) is 21.1. The van der Waals surface area contributed by atoms with E-state index in [1.807, 2.05) is 0 Å². The molecule has 0 fully saturated rings. The van der Waals surface area contributed by atoms with E-state index in [1.54, 1.807) is 0 Å². The van der Waals surface area contributed by atoms with Gasteiger partial charge in [-0.05, 0) is 25.7 Å². The van der Waals surface area contributed by atoms with Gasteiger partial charge >= 0.3 is 5.97 Å². The van der Waals surface area contributed by atoms with Crippen LogP contribution < -0.4 is 5.32 Å². The smallest absolute Gasteiger partial charge is 0.305 e. The van der Waals surface area contributed by atoms with E-state index in [4.69, 9.17) is 4.74 Å². The SMILES string of the molecule is CCCCCCCCCCCCCC(=O)OCCCCCCCCCCCCCCCCCCCCCCCCCCCCCCCC(=O)NC(CO)C(O)CCCCCCCCCCC. The van der Waals surface area contributed by atoms with E-state index in [9.17, 15) is 19.8 Å². The fourth-order valence-electron chi connectivity index (χ4n) is 9.76. The van der Waals surface area contributed by atoms with Crippen molar-refractivity contribution in [2.45, 2.75) is 360 Å². The van der Waals surface area contributed by atoms with E-state index in [0.29, 0.717) is 25.9 Å². The number of nitrogens with one attached hydrogen (secondary N) is 1. The molecular weight excluding hydrogens is 815 g/mol. The van der Waals surface area contributed by atoms with E-state index in [2.05, 4.69) is 19.2 Å². The lowest BCUT2D eigenvalue weighted by molar-refractivity contribution is -0.143. The van der Waals surface area contributed by atoms with Crippen molar-refractivity contribution in [2.75, 3.05) is 13.2 Å². The Balaban J connectivity index is 3.29. The second-order valence-electron chi connectivity index (χ2n) is 21.1. The Morgan fingerprint density at radius 1 is 0.364 bits per heavy atom. The minimum atomic E-state index is -0.658. The maximum absolute atomic E-state index is 12.4. The lowest BCUT2D eigenvalue weighted by atomic mass is 10.0. The Hall–Kier alpha value is -1.14. The summed E-state index contributed by atoms with van der Waals surface area (Å²) in [4.78, 5) is 24.4. The number of ether oxygens (including phenoxy) is 1. The Morgan fingerprint density at radius 3 is 0.924 bits per heavy atom. The molecule has 0 aliphatic rings. The largest absolute Gasteiger partial charge is 0.466 e. The van der Waals surface area contributed by atoms with Crippen molar-refractivity contribution in [3.05, 3.63) is 0 Å². The van der Waals surface area contributed by atoms with Crippen LogP contribution in [0, 0.1) is 0 Å². The van der Waals surface area contributed by atoms with Crippen molar-refractivity contribution >= 4 is 11.9 Å². The van der Waals surface area contributed by atoms with Crippen LogP contribution in [0.5, 0.6) is 0 Å². The molecule has 0 radical (unpaired) electrons. The molecule has 0 aromatic carbocycles. The molecule has 0 aliphatic heterocycles. The zero-order chi connectivity index (χ0) is 47.9. The molecule has 1 amide bonds. The average molecular weight is 935 g/mol. The number of carbonyl (C=O) groups excluding carboxylic acids is 2. The molecule has 0 aliphatic carbocycles. The zero-order valence-corrected chi connectivity index (χ0v) is 45.0. The van der Waals surface area contributed by atoms with Crippen LogP contribution in [0.3, 0.4) is 0 Å². The normalized spacial score (nSPS) is 12.5. The predicted octanol–water partition coefficient (Wildman–Crippen LogP) is 18.7. The van der Waals surface area contributed by atoms with E-state index < -0.39 is 12.1 Å². The second kappa shape index (κ2) is 56.4. The van der Waals surface area contributed by atoms with Crippen molar-refractivity contribution in [3.8, 4) is 0 Å². The standard InChI is InChI=1S/C60H119NO5/c1-3-5-7-9-11-13-33-38-42-46-50-54-60(65)66-55-51-47-43-39-35-32-30-28-26-24-22-20-18-16-14-15-17-19-21-23-25-27-29-31-34-37-41-45-49-53-59(64)61-57(56-62)58(63)52-48-44-40-36-12-10-8-6-4-2/h57-58,62-63H,3-56H2,1-2H3,(H,61,64). The van der Waals surface area contributed by atoms with Crippen molar-refractivity contribution < 1.29 is 24.5 Å². The first-order valence-electron chi connectivity index (χ1n) is 30.3. The Morgan fingerprint density at radius 2 is 0.621 bits per heavy atom. The monoisotopic (exact) mass is 934 g/mol. The summed E-state index contributed by atoms with van der Waals surface area (Å²) in [6.45, 7) is 4.95. The van der Waals surface area contributed by atoms with Gasteiger partial charge in [-0.2, -0.15) is 0 Å². The molecule has 0 spiro atoms. The number of esters is 1. The molecule has 66 heavy (non-hydrogen) atoms. The van der Waals surface area contributed by atoms with Crippen molar-refractivity contribution in [1.82, 2.24) is 5.32 Å². The summed E-state index contributed by atoms with van der Waals surface area (Å²) in [5.41, 5.74) is 0. The number of carbonyl (C=O) groups is 2. The maximum atomic E-state index is 12.4. The van der Waals surface area contributed by atoms with Gasteiger partial charge in [0.2, 0.25) is 5.91 Å². The molecule has 394 valence electrons. The third kappa shape index (κ3) is 52.2. The number of hydrogen-bond donors (Lipinski definition) is 3. The highest BCUT2D eigenvalue weighted by Gasteiger charge is 2.20. The van der Waals surface area contributed by atoms with E-state index in [-0.39, 0.29) is 18.5 Å². The lowest BCUT2D eigenvalue weighted by Gasteiger charge is -2.22. The molecule has 0 heterocycles. The predicted molar refractivity (Wildman–Crippen MR) is 287 cm³/mol. The van der Waals surface area contributed by atoms with E-state index in [1.165, 1.54) is 276 Å². The summed E-state index contributed by atoms with van der Waals surface area (Å²) in [7, 11) is 0. The summed E-state index contributed by atoms with van der Waals surface area (Å²) < 4.78 is 5.47. The Labute approximate surface area is 413 Å². The molecule has 0 saturated carbocycles. The molecule has 0 aromatic rings. The molecule has 3 N–H and O–H groups in total. The minimum Gasteiger partial charge on any atom is -0.466 e. The first kappa shape index (κ1) is 64.9. The molecule has 2 unspecified atom stereocenters. The lowest BCUT2D eigenvalue weighted by Crippen LogP contribution is -2.45. The van der Waals surface area contributed by atoms with Crippen molar-refractivity contribution in [1.29, 1.82) is 0 Å². The van der Waals surface area contributed by atoms with Crippen LogP contribution in [-0.4, -0.2) is 47.4 Å². The summed E-state index contributed by atoms with van der Waals surface area (Å²) in [6.07, 6.45) is 65.6. The fraction of sp³-hybridized carbons (Fsp3) is 0.967. The van der Waals surface area contributed by atoms with Gasteiger partial charge in [0.25, 0.3) is 0 Å². The van der Waals surface area contributed by atoms with Crippen LogP contribution in [0.15, 0.2) is 0 Å². The van der Waals surface area contributed by atoms with Gasteiger partial charge in [0.1, 0.15) is 0 Å². The van der Waals surface area contributed by atoms with Crippen LogP contribution in [0.2, 0.25) is 0 Å². The molecular formula is C60H119NO5. The number of aliphatic hydroxyl groups is 2. The van der Waals surface area contributed by atoms with Gasteiger partial charge in [0, 0.05) is 12.8 Å². The van der Waals surface area contributed by atoms with Gasteiger partial charge in [0.15, 0.2) is 0 Å². The molecule has 0 saturated heterocycles.